The number of rotatable bonds is 4. The van der Waals surface area contributed by atoms with Gasteiger partial charge in [-0.05, 0) is 26.3 Å². The first-order chi connectivity index (χ1) is 7.52. The molecule has 0 bridgehead atoms. The summed E-state index contributed by atoms with van der Waals surface area (Å²) in [4.78, 5) is 22.4. The number of nitrogens with one attached hydrogen (secondary N) is 2. The summed E-state index contributed by atoms with van der Waals surface area (Å²) < 4.78 is 0. The molecule has 0 aromatic heterocycles. The highest BCUT2D eigenvalue weighted by Crippen LogP contribution is 2.07. The normalized spacial score (nSPS) is 24.5. The van der Waals surface area contributed by atoms with E-state index in [0.29, 0.717) is 6.42 Å². The third-order valence-electron chi connectivity index (χ3n) is 2.67. The van der Waals surface area contributed by atoms with Gasteiger partial charge in [-0.3, -0.25) is 4.79 Å². The van der Waals surface area contributed by atoms with Crippen molar-refractivity contribution in [3.63, 3.8) is 0 Å². The van der Waals surface area contributed by atoms with E-state index in [2.05, 4.69) is 10.6 Å². The Balaban J connectivity index is 2.50. The van der Waals surface area contributed by atoms with Crippen LogP contribution in [0.4, 0.5) is 0 Å². The van der Waals surface area contributed by atoms with Crippen molar-refractivity contribution >= 4 is 11.9 Å². The number of carbonyl (C=O) groups is 2. The number of carboxylic acids is 1. The molecular formula is C10H18N2O4. The summed E-state index contributed by atoms with van der Waals surface area (Å²) in [5.41, 5.74) is 0. The monoisotopic (exact) mass is 230 g/mol. The van der Waals surface area contributed by atoms with Gasteiger partial charge in [0.25, 0.3) is 0 Å². The lowest BCUT2D eigenvalue weighted by atomic mass is 10.0. The molecule has 0 aromatic carbocycles. The topological polar surface area (TPSA) is 98.7 Å². The van der Waals surface area contributed by atoms with Crippen LogP contribution in [0.25, 0.3) is 0 Å². The van der Waals surface area contributed by atoms with E-state index in [1.807, 2.05) is 0 Å². The lowest BCUT2D eigenvalue weighted by molar-refractivity contribution is -0.145. The minimum Gasteiger partial charge on any atom is -0.480 e. The van der Waals surface area contributed by atoms with Gasteiger partial charge in [-0.15, -0.1) is 0 Å². The molecule has 1 aliphatic heterocycles. The lowest BCUT2D eigenvalue weighted by Crippen LogP contribution is -2.54. The zero-order valence-corrected chi connectivity index (χ0v) is 9.27. The molecule has 4 N–H and O–H groups in total. The second-order valence-electron chi connectivity index (χ2n) is 4.07. The van der Waals surface area contributed by atoms with Crippen molar-refractivity contribution in [1.29, 1.82) is 0 Å². The molecular weight excluding hydrogens is 212 g/mol. The highest BCUT2D eigenvalue weighted by Gasteiger charge is 2.28. The molecule has 1 rings (SSSR count). The van der Waals surface area contributed by atoms with Gasteiger partial charge in [-0.1, -0.05) is 6.42 Å². The summed E-state index contributed by atoms with van der Waals surface area (Å²) in [6.07, 6.45) is 1.59. The molecule has 1 saturated heterocycles. The Morgan fingerprint density at radius 2 is 2.12 bits per heavy atom. The van der Waals surface area contributed by atoms with Crippen molar-refractivity contribution in [3.05, 3.63) is 0 Å². The van der Waals surface area contributed by atoms with E-state index in [1.165, 1.54) is 6.92 Å². The number of aliphatic hydroxyl groups is 1. The second-order valence-corrected chi connectivity index (χ2v) is 4.07. The summed E-state index contributed by atoms with van der Waals surface area (Å²) in [5.74, 6) is -1.58. The first-order valence-corrected chi connectivity index (χ1v) is 5.47. The van der Waals surface area contributed by atoms with Crippen LogP contribution >= 0.6 is 0 Å². The quantitative estimate of drug-likeness (QED) is 0.500. The fourth-order valence-corrected chi connectivity index (χ4v) is 1.72. The van der Waals surface area contributed by atoms with Gasteiger partial charge in [0.15, 0.2) is 6.04 Å². The molecule has 0 aliphatic carbocycles. The highest BCUT2D eigenvalue weighted by atomic mass is 16.4. The van der Waals surface area contributed by atoms with E-state index in [4.69, 9.17) is 5.11 Å². The fraction of sp³-hybridized carbons (Fsp3) is 0.800. The molecule has 1 fully saturated rings. The molecule has 0 saturated carbocycles. The second kappa shape index (κ2) is 5.81. The summed E-state index contributed by atoms with van der Waals surface area (Å²) in [5, 5.41) is 23.4. The van der Waals surface area contributed by atoms with E-state index >= 15 is 0 Å². The van der Waals surface area contributed by atoms with Crippen LogP contribution in [0.1, 0.15) is 26.2 Å². The van der Waals surface area contributed by atoms with Gasteiger partial charge in [-0.2, -0.15) is 0 Å². The van der Waals surface area contributed by atoms with Crippen LogP contribution in [0.5, 0.6) is 0 Å². The van der Waals surface area contributed by atoms with Crippen LogP contribution in [0.2, 0.25) is 0 Å². The predicted octanol–water partition coefficient (Wildman–Crippen LogP) is -0.921. The minimum absolute atomic E-state index is 0.339. The number of hydrogen-bond acceptors (Lipinski definition) is 4. The van der Waals surface area contributed by atoms with Crippen LogP contribution in [0.3, 0.4) is 0 Å². The summed E-state index contributed by atoms with van der Waals surface area (Å²) in [7, 11) is 0. The smallest absolute Gasteiger partial charge is 0.328 e. The van der Waals surface area contributed by atoms with Gasteiger partial charge in [-0.25, -0.2) is 4.79 Å². The molecule has 6 nitrogen and oxygen atoms in total. The number of amides is 1. The Morgan fingerprint density at radius 1 is 1.44 bits per heavy atom. The maximum atomic E-state index is 11.7. The lowest BCUT2D eigenvalue weighted by Gasteiger charge is -2.25. The van der Waals surface area contributed by atoms with E-state index in [-0.39, 0.29) is 11.9 Å². The van der Waals surface area contributed by atoms with E-state index < -0.39 is 18.1 Å². The van der Waals surface area contributed by atoms with Crippen molar-refractivity contribution in [3.8, 4) is 0 Å². The number of aliphatic carboxylic acids is 1. The molecule has 16 heavy (non-hydrogen) atoms. The molecule has 92 valence electrons. The Morgan fingerprint density at radius 3 is 2.56 bits per heavy atom. The van der Waals surface area contributed by atoms with E-state index in [1.54, 1.807) is 0 Å². The van der Waals surface area contributed by atoms with Crippen molar-refractivity contribution in [2.24, 2.45) is 0 Å². The van der Waals surface area contributed by atoms with Gasteiger partial charge in [0, 0.05) is 0 Å². The van der Waals surface area contributed by atoms with Gasteiger partial charge < -0.3 is 20.8 Å². The molecule has 0 radical (unpaired) electrons. The minimum atomic E-state index is -1.24. The molecule has 3 atom stereocenters. The van der Waals surface area contributed by atoms with Crippen molar-refractivity contribution in [2.45, 2.75) is 44.4 Å². The van der Waals surface area contributed by atoms with E-state index in [9.17, 15) is 14.7 Å². The number of aliphatic hydroxyl groups excluding tert-OH is 1. The third-order valence-corrected chi connectivity index (χ3v) is 2.67. The van der Waals surface area contributed by atoms with Gasteiger partial charge >= 0.3 is 5.97 Å². The Bertz CT molecular complexity index is 262. The zero-order valence-electron chi connectivity index (χ0n) is 9.27. The third kappa shape index (κ3) is 3.46. The molecule has 0 unspecified atom stereocenters. The zero-order chi connectivity index (χ0) is 12.1. The Labute approximate surface area is 94.0 Å². The van der Waals surface area contributed by atoms with Gasteiger partial charge in [0.1, 0.15) is 0 Å². The Kier molecular flexibility index (Phi) is 4.70. The Hall–Kier alpha value is -1.14. The number of piperidine rings is 1. The molecule has 6 heteroatoms. The van der Waals surface area contributed by atoms with Gasteiger partial charge in [0.05, 0.1) is 12.1 Å². The molecule has 1 aliphatic rings. The number of hydrogen-bond donors (Lipinski definition) is 4. The van der Waals surface area contributed by atoms with Crippen LogP contribution in [0.15, 0.2) is 0 Å². The van der Waals surface area contributed by atoms with Crippen molar-refractivity contribution in [1.82, 2.24) is 10.6 Å². The summed E-state index contributed by atoms with van der Waals surface area (Å²) in [6, 6.07) is -1.58. The molecule has 1 amide bonds. The molecule has 1 heterocycles. The summed E-state index contributed by atoms with van der Waals surface area (Å²) >= 11 is 0. The van der Waals surface area contributed by atoms with Crippen LogP contribution in [-0.4, -0.2) is 46.8 Å². The van der Waals surface area contributed by atoms with Crippen LogP contribution < -0.4 is 10.6 Å². The van der Waals surface area contributed by atoms with Crippen LogP contribution in [-0.2, 0) is 9.59 Å². The van der Waals surface area contributed by atoms with Gasteiger partial charge in [0.2, 0.25) is 5.91 Å². The largest absolute Gasteiger partial charge is 0.480 e. The number of carbonyl (C=O) groups excluding carboxylic acids is 1. The number of carboxylic acid groups (broad SMARTS) is 1. The predicted molar refractivity (Wildman–Crippen MR) is 56.9 cm³/mol. The SMILES string of the molecule is C[C@@H](O)[C@H](NC(=O)[C@@H]1CCCCN1)C(=O)O. The average Bonchev–Trinajstić information content (AvgIpc) is 2.25. The fourth-order valence-electron chi connectivity index (χ4n) is 1.72. The van der Waals surface area contributed by atoms with E-state index in [0.717, 1.165) is 19.4 Å². The highest BCUT2D eigenvalue weighted by molar-refractivity contribution is 5.87. The molecule has 0 spiro atoms. The summed E-state index contributed by atoms with van der Waals surface area (Å²) in [6.45, 7) is 2.11. The van der Waals surface area contributed by atoms with Crippen molar-refractivity contribution < 1.29 is 19.8 Å². The van der Waals surface area contributed by atoms with Crippen molar-refractivity contribution in [2.75, 3.05) is 6.54 Å². The standard InChI is InChI=1S/C10H18N2O4/c1-6(13)8(10(15)16)12-9(14)7-4-2-3-5-11-7/h6-8,11,13H,2-5H2,1H3,(H,12,14)(H,15,16)/t6-,7+,8+/m1/s1. The first-order valence-electron chi connectivity index (χ1n) is 5.47. The molecule has 0 aromatic rings. The average molecular weight is 230 g/mol. The maximum Gasteiger partial charge on any atom is 0.328 e. The van der Waals surface area contributed by atoms with Crippen LogP contribution in [0, 0.1) is 0 Å². The maximum absolute atomic E-state index is 11.7. The first kappa shape index (κ1) is 12.9.